The first-order valence-corrected chi connectivity index (χ1v) is 8.29. The van der Waals surface area contributed by atoms with Gasteiger partial charge in [0, 0.05) is 13.4 Å². The van der Waals surface area contributed by atoms with E-state index in [-0.39, 0.29) is 6.04 Å². The molecule has 0 bridgehead atoms. The van der Waals surface area contributed by atoms with Gasteiger partial charge in [-0.2, -0.15) is 0 Å². The number of hydrogen-bond acceptors (Lipinski definition) is 1. The molecule has 0 fully saturated rings. The lowest BCUT2D eigenvalue weighted by Crippen LogP contribution is -2.18. The van der Waals surface area contributed by atoms with E-state index in [0.717, 1.165) is 13.4 Å². The van der Waals surface area contributed by atoms with Crippen molar-refractivity contribution in [2.24, 2.45) is 0 Å². The molecular weight excluding hydrogens is 434 g/mol. The first-order chi connectivity index (χ1) is 9.02. The molecule has 0 saturated heterocycles. The Kier molecular flexibility index (Phi) is 5.23. The zero-order valence-corrected chi connectivity index (χ0v) is 15.4. The van der Waals surface area contributed by atoms with Crippen LogP contribution in [0.2, 0.25) is 0 Å². The predicted molar refractivity (Wildman–Crippen MR) is 91.6 cm³/mol. The lowest BCUT2D eigenvalue weighted by atomic mass is 9.97. The molecule has 100 valence electrons. The maximum Gasteiger partial charge on any atom is 0.0585 e. The maximum absolute atomic E-state index is 3.63. The average Bonchev–Trinajstić information content (AvgIpc) is 2.38. The Morgan fingerprint density at radius 2 is 1.63 bits per heavy atom. The molecule has 0 saturated carbocycles. The molecule has 1 nitrogen and oxygen atoms in total. The summed E-state index contributed by atoms with van der Waals surface area (Å²) in [4.78, 5) is 0. The van der Waals surface area contributed by atoms with E-state index < -0.39 is 0 Å². The number of rotatable bonds is 3. The van der Waals surface area contributed by atoms with E-state index in [0.29, 0.717) is 0 Å². The molecule has 0 aliphatic rings. The van der Waals surface area contributed by atoms with Gasteiger partial charge in [0.05, 0.1) is 6.04 Å². The fraction of sp³-hybridized carbons (Fsp3) is 0.200. The summed E-state index contributed by atoms with van der Waals surface area (Å²) >= 11 is 10.7. The number of halogens is 3. The normalized spacial score (nSPS) is 12.5. The second kappa shape index (κ2) is 6.53. The topological polar surface area (TPSA) is 12.0 Å². The number of aryl methyl sites for hydroxylation is 1. The number of nitrogens with one attached hydrogen (secondary N) is 1. The van der Waals surface area contributed by atoms with Crippen molar-refractivity contribution in [2.45, 2.75) is 13.0 Å². The van der Waals surface area contributed by atoms with Gasteiger partial charge in [0.25, 0.3) is 0 Å². The summed E-state index contributed by atoms with van der Waals surface area (Å²) in [5.74, 6) is 0. The molecule has 2 aromatic carbocycles. The highest BCUT2D eigenvalue weighted by molar-refractivity contribution is 9.11. The van der Waals surface area contributed by atoms with Gasteiger partial charge in [-0.25, -0.2) is 0 Å². The molecule has 0 heterocycles. The van der Waals surface area contributed by atoms with E-state index in [2.05, 4.69) is 90.4 Å². The van der Waals surface area contributed by atoms with E-state index in [1.54, 1.807) is 0 Å². The fourth-order valence-corrected chi connectivity index (χ4v) is 3.19. The van der Waals surface area contributed by atoms with E-state index in [9.17, 15) is 0 Å². The lowest BCUT2D eigenvalue weighted by Gasteiger charge is -2.20. The SMILES string of the molecule is CNC(c1ccc(Br)c(C)c1)c1cc(Br)ccc1Br. The Morgan fingerprint density at radius 1 is 0.947 bits per heavy atom. The van der Waals surface area contributed by atoms with Gasteiger partial charge in [0.15, 0.2) is 0 Å². The van der Waals surface area contributed by atoms with Crippen molar-refractivity contribution in [3.8, 4) is 0 Å². The van der Waals surface area contributed by atoms with Crippen LogP contribution in [0.25, 0.3) is 0 Å². The van der Waals surface area contributed by atoms with Gasteiger partial charge < -0.3 is 5.32 Å². The Morgan fingerprint density at radius 3 is 2.26 bits per heavy atom. The minimum atomic E-state index is 0.165. The summed E-state index contributed by atoms with van der Waals surface area (Å²) < 4.78 is 3.33. The molecule has 19 heavy (non-hydrogen) atoms. The highest BCUT2D eigenvalue weighted by Gasteiger charge is 2.16. The van der Waals surface area contributed by atoms with Crippen LogP contribution in [0, 0.1) is 6.92 Å². The van der Waals surface area contributed by atoms with Gasteiger partial charge in [-0.15, -0.1) is 0 Å². The highest BCUT2D eigenvalue weighted by atomic mass is 79.9. The Labute approximate surface area is 139 Å². The van der Waals surface area contributed by atoms with Crippen LogP contribution in [-0.2, 0) is 0 Å². The van der Waals surface area contributed by atoms with E-state index in [1.807, 2.05) is 13.1 Å². The minimum absolute atomic E-state index is 0.165. The second-order valence-electron chi connectivity index (χ2n) is 4.40. The Hall–Kier alpha value is -0.160. The van der Waals surface area contributed by atoms with Crippen LogP contribution in [0.3, 0.4) is 0 Å². The van der Waals surface area contributed by atoms with Crippen molar-refractivity contribution in [3.05, 3.63) is 66.5 Å². The second-order valence-corrected chi connectivity index (χ2v) is 7.02. The monoisotopic (exact) mass is 445 g/mol. The molecule has 1 atom stereocenters. The third-order valence-corrected chi connectivity index (χ3v) is 5.18. The van der Waals surface area contributed by atoms with Gasteiger partial charge in [-0.05, 0) is 54.9 Å². The summed E-state index contributed by atoms with van der Waals surface area (Å²) in [5.41, 5.74) is 3.71. The molecule has 0 aliphatic heterocycles. The zero-order chi connectivity index (χ0) is 14.0. The van der Waals surface area contributed by atoms with Crippen LogP contribution >= 0.6 is 47.8 Å². The molecule has 0 aliphatic carbocycles. The highest BCUT2D eigenvalue weighted by Crippen LogP contribution is 2.32. The van der Waals surface area contributed by atoms with Crippen molar-refractivity contribution in [1.29, 1.82) is 0 Å². The van der Waals surface area contributed by atoms with Crippen molar-refractivity contribution >= 4 is 47.8 Å². The fourth-order valence-electron chi connectivity index (χ4n) is 2.09. The molecule has 0 amide bonds. The largest absolute Gasteiger partial charge is 0.309 e. The van der Waals surface area contributed by atoms with Gasteiger partial charge in [0.2, 0.25) is 0 Å². The van der Waals surface area contributed by atoms with Gasteiger partial charge in [0.1, 0.15) is 0 Å². The molecule has 0 radical (unpaired) electrons. The Bertz CT molecular complexity index is 596. The third kappa shape index (κ3) is 3.48. The van der Waals surface area contributed by atoms with Crippen LogP contribution in [0.5, 0.6) is 0 Å². The summed E-state index contributed by atoms with van der Waals surface area (Å²) in [6, 6.07) is 12.9. The lowest BCUT2D eigenvalue weighted by molar-refractivity contribution is 0.688. The van der Waals surface area contributed by atoms with Crippen molar-refractivity contribution in [3.63, 3.8) is 0 Å². The van der Waals surface area contributed by atoms with Crippen LogP contribution in [0.15, 0.2) is 49.8 Å². The zero-order valence-electron chi connectivity index (χ0n) is 10.7. The molecule has 0 aromatic heterocycles. The van der Waals surface area contributed by atoms with E-state index in [4.69, 9.17) is 0 Å². The van der Waals surface area contributed by atoms with Crippen LogP contribution in [0.1, 0.15) is 22.7 Å². The van der Waals surface area contributed by atoms with Crippen molar-refractivity contribution in [2.75, 3.05) is 7.05 Å². The first kappa shape index (κ1) is 15.2. The van der Waals surface area contributed by atoms with Crippen LogP contribution < -0.4 is 5.32 Å². The summed E-state index contributed by atoms with van der Waals surface area (Å²) in [5, 5.41) is 3.38. The summed E-state index contributed by atoms with van der Waals surface area (Å²) in [6.45, 7) is 2.11. The molecule has 1 N–H and O–H groups in total. The quantitative estimate of drug-likeness (QED) is 0.646. The average molecular weight is 448 g/mol. The molecule has 2 rings (SSSR count). The summed E-state index contributed by atoms with van der Waals surface area (Å²) in [6.07, 6.45) is 0. The van der Waals surface area contributed by atoms with Crippen LogP contribution in [0.4, 0.5) is 0 Å². The maximum atomic E-state index is 3.63. The molecule has 1 unspecified atom stereocenters. The van der Waals surface area contributed by atoms with E-state index in [1.165, 1.54) is 16.7 Å². The van der Waals surface area contributed by atoms with Gasteiger partial charge >= 0.3 is 0 Å². The van der Waals surface area contributed by atoms with E-state index >= 15 is 0 Å². The Balaban J connectivity index is 2.49. The summed E-state index contributed by atoms with van der Waals surface area (Å²) in [7, 11) is 1.98. The van der Waals surface area contributed by atoms with Gasteiger partial charge in [-0.3, -0.25) is 0 Å². The van der Waals surface area contributed by atoms with Crippen molar-refractivity contribution < 1.29 is 0 Å². The predicted octanol–water partition coefficient (Wildman–Crippen LogP) is 5.59. The van der Waals surface area contributed by atoms with Gasteiger partial charge in [-0.1, -0.05) is 59.9 Å². The molecule has 0 spiro atoms. The number of benzene rings is 2. The standard InChI is InChI=1S/C15H14Br3N/c1-9-7-10(3-5-13(9)17)15(19-2)12-8-11(16)4-6-14(12)18/h3-8,15,19H,1-2H3. The smallest absolute Gasteiger partial charge is 0.0585 e. The molecular formula is C15H14Br3N. The number of hydrogen-bond donors (Lipinski definition) is 1. The molecule has 4 heteroatoms. The third-order valence-electron chi connectivity index (χ3n) is 3.07. The molecule has 2 aromatic rings. The van der Waals surface area contributed by atoms with Crippen molar-refractivity contribution in [1.82, 2.24) is 5.32 Å². The van der Waals surface area contributed by atoms with Crippen LogP contribution in [-0.4, -0.2) is 7.05 Å². The first-order valence-electron chi connectivity index (χ1n) is 5.91. The minimum Gasteiger partial charge on any atom is -0.309 e.